The first-order valence-corrected chi connectivity index (χ1v) is 8.87. The number of methoxy groups -OCH3 is 1. The molecule has 0 bridgehead atoms. The number of H-pyrrole nitrogens is 1. The van der Waals surface area contributed by atoms with Gasteiger partial charge < -0.3 is 24.7 Å². The monoisotopic (exact) mass is 360 g/mol. The lowest BCUT2D eigenvalue weighted by atomic mass is 10.1. The van der Waals surface area contributed by atoms with Crippen molar-refractivity contribution in [3.05, 3.63) is 29.5 Å². The van der Waals surface area contributed by atoms with E-state index < -0.39 is 5.97 Å². The number of ether oxygens (including phenoxy) is 2. The second kappa shape index (κ2) is 7.47. The van der Waals surface area contributed by atoms with Crippen molar-refractivity contribution in [1.29, 1.82) is 0 Å². The van der Waals surface area contributed by atoms with Gasteiger partial charge in [-0.25, -0.2) is 4.79 Å². The molecule has 26 heavy (non-hydrogen) atoms. The van der Waals surface area contributed by atoms with Crippen LogP contribution in [0, 0.1) is 6.92 Å². The minimum absolute atomic E-state index is 0.127. The summed E-state index contributed by atoms with van der Waals surface area (Å²) in [4.78, 5) is 29.1. The van der Waals surface area contributed by atoms with Gasteiger partial charge in [0, 0.05) is 10.9 Å². The van der Waals surface area contributed by atoms with E-state index in [1.807, 2.05) is 39.0 Å². The average Bonchev–Trinajstić information content (AvgIpc) is 2.92. The summed E-state index contributed by atoms with van der Waals surface area (Å²) >= 11 is 0. The maximum Gasteiger partial charge on any atom is 0.356 e. The fourth-order valence-corrected chi connectivity index (χ4v) is 3.75. The van der Waals surface area contributed by atoms with Gasteiger partial charge in [-0.05, 0) is 32.4 Å². The summed E-state index contributed by atoms with van der Waals surface area (Å²) in [7, 11) is 1.33. The third-order valence-electron chi connectivity index (χ3n) is 4.71. The number of quaternary nitrogens is 1. The predicted molar refractivity (Wildman–Crippen MR) is 98.6 cm³/mol. The SMILES string of the molecule is COC(=O)c1[nH]c2cccc(C)c2c1NC(=O)C[NH+]1C[C@@H](C)O[C@@H](C)C1. The molecule has 2 aromatic rings. The number of amides is 1. The van der Waals surface area contributed by atoms with Crippen molar-refractivity contribution in [2.45, 2.75) is 33.0 Å². The number of aromatic amines is 1. The number of esters is 1. The van der Waals surface area contributed by atoms with Gasteiger partial charge >= 0.3 is 5.97 Å². The highest BCUT2D eigenvalue weighted by molar-refractivity contribution is 6.12. The third-order valence-corrected chi connectivity index (χ3v) is 4.71. The Morgan fingerprint density at radius 2 is 2.00 bits per heavy atom. The second-order valence-corrected chi connectivity index (χ2v) is 7.00. The highest BCUT2D eigenvalue weighted by Gasteiger charge is 2.28. The Morgan fingerprint density at radius 3 is 2.65 bits per heavy atom. The van der Waals surface area contributed by atoms with Crippen molar-refractivity contribution in [3.63, 3.8) is 0 Å². The van der Waals surface area contributed by atoms with Crippen LogP contribution in [0.25, 0.3) is 10.9 Å². The van der Waals surface area contributed by atoms with Crippen molar-refractivity contribution in [2.24, 2.45) is 0 Å². The molecule has 1 aliphatic heterocycles. The quantitative estimate of drug-likeness (QED) is 0.707. The first-order valence-electron chi connectivity index (χ1n) is 8.87. The molecule has 3 rings (SSSR count). The Labute approximate surface area is 152 Å². The third kappa shape index (κ3) is 3.73. The summed E-state index contributed by atoms with van der Waals surface area (Å²) < 4.78 is 10.6. The summed E-state index contributed by atoms with van der Waals surface area (Å²) in [5.74, 6) is -0.632. The van der Waals surface area contributed by atoms with Crippen molar-refractivity contribution < 1.29 is 24.0 Å². The van der Waals surface area contributed by atoms with Crippen LogP contribution in [0.1, 0.15) is 29.9 Å². The molecular weight excluding hydrogens is 334 g/mol. The molecule has 1 amide bonds. The summed E-state index contributed by atoms with van der Waals surface area (Å²) in [6, 6.07) is 5.73. The van der Waals surface area contributed by atoms with E-state index in [1.165, 1.54) is 12.0 Å². The number of anilines is 1. The van der Waals surface area contributed by atoms with Crippen LogP contribution in [0.3, 0.4) is 0 Å². The van der Waals surface area contributed by atoms with Gasteiger partial charge in [0.15, 0.2) is 6.54 Å². The molecule has 0 spiro atoms. The molecule has 0 aliphatic carbocycles. The van der Waals surface area contributed by atoms with Gasteiger partial charge in [0.1, 0.15) is 31.0 Å². The molecule has 1 aliphatic rings. The zero-order chi connectivity index (χ0) is 18.8. The number of morpholine rings is 1. The van der Waals surface area contributed by atoms with Crippen LogP contribution in [0.15, 0.2) is 18.2 Å². The minimum Gasteiger partial charge on any atom is -0.464 e. The molecule has 1 aromatic carbocycles. The number of aryl methyl sites for hydroxylation is 1. The average molecular weight is 360 g/mol. The van der Waals surface area contributed by atoms with Crippen LogP contribution < -0.4 is 10.2 Å². The standard InChI is InChI=1S/C19H25N3O4/c1-11-6-5-7-14-16(11)17(18(20-14)19(24)25-4)21-15(23)10-22-8-12(2)26-13(3)9-22/h5-7,12-13,20H,8-10H2,1-4H3,(H,21,23)/p+1/t12-,13+. The molecule has 7 heteroatoms. The largest absolute Gasteiger partial charge is 0.464 e. The fourth-order valence-electron chi connectivity index (χ4n) is 3.75. The maximum atomic E-state index is 12.7. The number of nitrogens with one attached hydrogen (secondary N) is 3. The predicted octanol–water partition coefficient (Wildman–Crippen LogP) is 0.894. The van der Waals surface area contributed by atoms with E-state index in [9.17, 15) is 9.59 Å². The number of rotatable bonds is 4. The van der Waals surface area contributed by atoms with Gasteiger partial charge in [-0.3, -0.25) is 4.79 Å². The molecule has 3 N–H and O–H groups in total. The van der Waals surface area contributed by atoms with E-state index in [4.69, 9.17) is 9.47 Å². The van der Waals surface area contributed by atoms with E-state index in [0.29, 0.717) is 12.2 Å². The number of benzene rings is 1. The second-order valence-electron chi connectivity index (χ2n) is 7.00. The summed E-state index contributed by atoms with van der Waals surface area (Å²) in [6.45, 7) is 7.89. The molecule has 1 aromatic heterocycles. The Hall–Kier alpha value is -2.38. The maximum absolute atomic E-state index is 12.7. The zero-order valence-corrected chi connectivity index (χ0v) is 15.6. The lowest BCUT2D eigenvalue weighted by Gasteiger charge is -2.31. The normalized spacial score (nSPS) is 23.0. The van der Waals surface area contributed by atoms with E-state index in [-0.39, 0.29) is 23.8 Å². The molecule has 1 fully saturated rings. The lowest BCUT2D eigenvalue weighted by molar-refractivity contribution is -0.907. The molecule has 7 nitrogen and oxygen atoms in total. The van der Waals surface area contributed by atoms with Crippen molar-refractivity contribution in [2.75, 3.05) is 32.1 Å². The van der Waals surface area contributed by atoms with Crippen LogP contribution in [0.5, 0.6) is 0 Å². The summed E-state index contributed by atoms with van der Waals surface area (Å²) in [5.41, 5.74) is 2.53. The van der Waals surface area contributed by atoms with Crippen molar-refractivity contribution in [3.8, 4) is 0 Å². The number of fused-ring (bicyclic) bond motifs is 1. The van der Waals surface area contributed by atoms with Crippen LogP contribution in [-0.4, -0.2) is 55.8 Å². The topological polar surface area (TPSA) is 84.9 Å². The van der Waals surface area contributed by atoms with Crippen LogP contribution in [0.2, 0.25) is 0 Å². The van der Waals surface area contributed by atoms with Gasteiger partial charge in [-0.1, -0.05) is 12.1 Å². The highest BCUT2D eigenvalue weighted by Crippen LogP contribution is 2.31. The van der Waals surface area contributed by atoms with Gasteiger partial charge in [0.25, 0.3) is 5.91 Å². The van der Waals surface area contributed by atoms with Crippen molar-refractivity contribution >= 4 is 28.5 Å². The molecule has 3 atom stereocenters. The minimum atomic E-state index is -0.503. The molecule has 0 radical (unpaired) electrons. The number of aromatic nitrogens is 1. The van der Waals surface area contributed by atoms with Gasteiger partial charge in [0.2, 0.25) is 0 Å². The molecule has 1 unspecified atom stereocenters. The number of hydrogen-bond donors (Lipinski definition) is 3. The van der Waals surface area contributed by atoms with E-state index >= 15 is 0 Å². The molecule has 0 saturated carbocycles. The van der Waals surface area contributed by atoms with E-state index in [2.05, 4.69) is 10.3 Å². The number of carbonyl (C=O) groups is 2. The van der Waals surface area contributed by atoms with Gasteiger partial charge in [-0.2, -0.15) is 0 Å². The molecule has 140 valence electrons. The summed E-state index contributed by atoms with van der Waals surface area (Å²) in [5, 5.41) is 3.77. The molecular formula is C19H26N3O4+. The van der Waals surface area contributed by atoms with Crippen LogP contribution >= 0.6 is 0 Å². The molecule has 2 heterocycles. The Morgan fingerprint density at radius 1 is 1.31 bits per heavy atom. The van der Waals surface area contributed by atoms with Crippen LogP contribution in [-0.2, 0) is 14.3 Å². The van der Waals surface area contributed by atoms with Crippen molar-refractivity contribution in [1.82, 2.24) is 4.98 Å². The zero-order valence-electron chi connectivity index (χ0n) is 15.6. The Balaban J connectivity index is 1.85. The van der Waals surface area contributed by atoms with E-state index in [0.717, 1.165) is 29.6 Å². The first-order chi connectivity index (χ1) is 12.4. The van der Waals surface area contributed by atoms with Gasteiger partial charge in [-0.15, -0.1) is 0 Å². The number of carbonyl (C=O) groups excluding carboxylic acids is 2. The fraction of sp³-hybridized carbons (Fsp3) is 0.474. The van der Waals surface area contributed by atoms with Gasteiger partial charge in [0.05, 0.1) is 12.8 Å². The Bertz CT molecular complexity index is 820. The summed E-state index contributed by atoms with van der Waals surface area (Å²) in [6.07, 6.45) is 0.255. The number of hydrogen-bond acceptors (Lipinski definition) is 4. The first kappa shape index (κ1) is 18.4. The smallest absolute Gasteiger partial charge is 0.356 e. The van der Waals surface area contributed by atoms with E-state index in [1.54, 1.807) is 0 Å². The Kier molecular flexibility index (Phi) is 5.29. The lowest BCUT2D eigenvalue weighted by Crippen LogP contribution is -3.16. The van der Waals surface area contributed by atoms with Crippen LogP contribution in [0.4, 0.5) is 5.69 Å². The molecule has 1 saturated heterocycles. The highest BCUT2D eigenvalue weighted by atomic mass is 16.5.